The number of hydrogen-bond acceptors (Lipinski definition) is 2. The first-order valence-corrected chi connectivity index (χ1v) is 4.32. The largest absolute Gasteiger partial charge is 0.480 e. The number of nitrogens with two attached hydrogens (primary N) is 1. The van der Waals surface area contributed by atoms with Crippen LogP contribution in [0.1, 0.15) is 12.0 Å². The maximum atomic E-state index is 12.5. The molecule has 0 aliphatic heterocycles. The predicted octanol–water partition coefficient (Wildman–Crippen LogP) is 1.17. The lowest BCUT2D eigenvalue weighted by atomic mass is 10.1. The molecule has 0 amide bonds. The number of carbonyl (C=O) groups is 1. The second-order valence-electron chi connectivity index (χ2n) is 3.11. The Hall–Kier alpha value is -1.42. The van der Waals surface area contributed by atoms with E-state index in [2.05, 4.69) is 0 Å². The Labute approximate surface area is 81.4 Å². The van der Waals surface area contributed by atoms with Crippen molar-refractivity contribution < 1.29 is 14.3 Å². The molecular weight excluding hydrogens is 185 g/mol. The van der Waals surface area contributed by atoms with Gasteiger partial charge in [-0.15, -0.1) is 0 Å². The van der Waals surface area contributed by atoms with E-state index in [4.69, 9.17) is 10.8 Å². The normalized spacial score (nSPS) is 12.4. The fourth-order valence-corrected chi connectivity index (χ4v) is 1.10. The lowest BCUT2D eigenvalue weighted by Gasteiger charge is -2.05. The minimum Gasteiger partial charge on any atom is -0.480 e. The molecule has 3 N–H and O–H groups in total. The number of benzene rings is 1. The van der Waals surface area contributed by atoms with Crippen LogP contribution in [0.25, 0.3) is 0 Å². The summed E-state index contributed by atoms with van der Waals surface area (Å²) in [5.74, 6) is -1.30. The van der Waals surface area contributed by atoms with Crippen molar-refractivity contribution in [2.24, 2.45) is 5.73 Å². The van der Waals surface area contributed by atoms with Crippen LogP contribution in [0.4, 0.5) is 4.39 Å². The van der Waals surface area contributed by atoms with E-state index in [9.17, 15) is 9.18 Å². The van der Waals surface area contributed by atoms with Gasteiger partial charge < -0.3 is 10.8 Å². The molecule has 1 atom stereocenters. The molecule has 0 heterocycles. The van der Waals surface area contributed by atoms with Crippen LogP contribution in [0, 0.1) is 5.82 Å². The van der Waals surface area contributed by atoms with E-state index in [1.165, 1.54) is 12.1 Å². The van der Waals surface area contributed by atoms with Gasteiger partial charge in [0.2, 0.25) is 0 Å². The van der Waals surface area contributed by atoms with Crippen molar-refractivity contribution in [3.05, 3.63) is 35.6 Å². The minimum absolute atomic E-state index is 0.295. The van der Waals surface area contributed by atoms with Crippen molar-refractivity contribution in [2.45, 2.75) is 18.9 Å². The number of aliphatic carboxylic acids is 1. The van der Waals surface area contributed by atoms with Crippen LogP contribution in [0.5, 0.6) is 0 Å². The highest BCUT2D eigenvalue weighted by atomic mass is 19.1. The van der Waals surface area contributed by atoms with Gasteiger partial charge in [-0.05, 0) is 30.5 Å². The van der Waals surface area contributed by atoms with Gasteiger partial charge in [-0.1, -0.05) is 12.1 Å². The first-order valence-electron chi connectivity index (χ1n) is 4.32. The van der Waals surface area contributed by atoms with Crippen LogP contribution in [-0.2, 0) is 11.2 Å². The van der Waals surface area contributed by atoms with Gasteiger partial charge in [0.25, 0.3) is 0 Å². The maximum Gasteiger partial charge on any atom is 0.320 e. The van der Waals surface area contributed by atoms with Gasteiger partial charge in [-0.25, -0.2) is 4.39 Å². The molecule has 1 aromatic rings. The second kappa shape index (κ2) is 4.72. The molecule has 0 radical (unpaired) electrons. The van der Waals surface area contributed by atoms with Crippen LogP contribution in [-0.4, -0.2) is 17.1 Å². The molecule has 4 heteroatoms. The summed E-state index contributed by atoms with van der Waals surface area (Å²) in [6, 6.07) is 5.11. The van der Waals surface area contributed by atoms with Gasteiger partial charge in [0.15, 0.2) is 0 Å². The van der Waals surface area contributed by atoms with E-state index in [1.807, 2.05) is 0 Å². The monoisotopic (exact) mass is 197 g/mol. The fourth-order valence-electron chi connectivity index (χ4n) is 1.10. The lowest BCUT2D eigenvalue weighted by Crippen LogP contribution is -2.30. The topological polar surface area (TPSA) is 63.3 Å². The summed E-state index contributed by atoms with van der Waals surface area (Å²) in [4.78, 5) is 10.4. The average Bonchev–Trinajstić information content (AvgIpc) is 2.16. The SMILES string of the molecule is N[C@@H](CCc1ccc(F)cc1)C(=O)O. The molecule has 0 bridgehead atoms. The molecule has 0 aromatic heterocycles. The van der Waals surface area contributed by atoms with E-state index in [-0.39, 0.29) is 5.82 Å². The molecule has 0 unspecified atom stereocenters. The highest BCUT2D eigenvalue weighted by molar-refractivity contribution is 5.73. The third-order valence-corrected chi connectivity index (χ3v) is 1.97. The van der Waals surface area contributed by atoms with Crippen LogP contribution in [0.2, 0.25) is 0 Å². The first kappa shape index (κ1) is 10.7. The number of aryl methyl sites for hydroxylation is 1. The summed E-state index contributed by atoms with van der Waals surface area (Å²) >= 11 is 0. The first-order chi connectivity index (χ1) is 6.59. The summed E-state index contributed by atoms with van der Waals surface area (Å²) < 4.78 is 12.5. The van der Waals surface area contributed by atoms with Crippen LogP contribution < -0.4 is 5.73 Å². The molecule has 0 aliphatic rings. The number of hydrogen-bond donors (Lipinski definition) is 2. The molecule has 14 heavy (non-hydrogen) atoms. The quantitative estimate of drug-likeness (QED) is 0.761. The van der Waals surface area contributed by atoms with Gasteiger partial charge in [0.05, 0.1) is 0 Å². The Morgan fingerprint density at radius 2 is 2.00 bits per heavy atom. The second-order valence-corrected chi connectivity index (χ2v) is 3.11. The van der Waals surface area contributed by atoms with Gasteiger partial charge in [0.1, 0.15) is 11.9 Å². The zero-order chi connectivity index (χ0) is 10.6. The molecular formula is C10H12FNO2. The number of carboxylic acid groups (broad SMARTS) is 1. The number of halogens is 1. The summed E-state index contributed by atoms with van der Waals surface area (Å²) in [6.07, 6.45) is 0.911. The van der Waals surface area contributed by atoms with E-state index in [0.29, 0.717) is 12.8 Å². The molecule has 0 saturated carbocycles. The van der Waals surface area contributed by atoms with Gasteiger partial charge in [-0.3, -0.25) is 4.79 Å². The molecule has 0 fully saturated rings. The van der Waals surface area contributed by atoms with Crippen molar-refractivity contribution in [2.75, 3.05) is 0 Å². The van der Waals surface area contributed by atoms with Crippen molar-refractivity contribution in [3.8, 4) is 0 Å². The molecule has 0 aliphatic carbocycles. The predicted molar refractivity (Wildman–Crippen MR) is 50.3 cm³/mol. The van der Waals surface area contributed by atoms with Gasteiger partial charge >= 0.3 is 5.97 Å². The van der Waals surface area contributed by atoms with Crippen molar-refractivity contribution in [1.29, 1.82) is 0 Å². The third kappa shape index (κ3) is 3.14. The van der Waals surface area contributed by atoms with Gasteiger partial charge in [-0.2, -0.15) is 0 Å². The smallest absolute Gasteiger partial charge is 0.320 e. The summed E-state index contributed by atoms with van der Waals surface area (Å²) in [7, 11) is 0. The molecule has 0 spiro atoms. The average molecular weight is 197 g/mol. The van der Waals surface area contributed by atoms with Crippen LogP contribution in [0.15, 0.2) is 24.3 Å². The Kier molecular flexibility index (Phi) is 3.59. The molecule has 0 saturated heterocycles. The number of rotatable bonds is 4. The lowest BCUT2D eigenvalue weighted by molar-refractivity contribution is -0.138. The van der Waals surface area contributed by atoms with Gasteiger partial charge in [0, 0.05) is 0 Å². The van der Waals surface area contributed by atoms with E-state index >= 15 is 0 Å². The Balaban J connectivity index is 2.46. The standard InChI is InChI=1S/C10H12FNO2/c11-8-4-1-7(2-5-8)3-6-9(12)10(13)14/h1-2,4-5,9H,3,6,12H2,(H,13,14)/t9-/m0/s1. The summed E-state index contributed by atoms with van der Waals surface area (Å²) in [5, 5.41) is 8.52. The number of carboxylic acids is 1. The van der Waals surface area contributed by atoms with Crippen molar-refractivity contribution in [3.63, 3.8) is 0 Å². The summed E-state index contributed by atoms with van der Waals surface area (Å²) in [6.45, 7) is 0. The van der Waals surface area contributed by atoms with Crippen LogP contribution >= 0.6 is 0 Å². The molecule has 76 valence electrons. The van der Waals surface area contributed by atoms with Crippen molar-refractivity contribution >= 4 is 5.97 Å². The highest BCUT2D eigenvalue weighted by Crippen LogP contribution is 2.06. The summed E-state index contributed by atoms with van der Waals surface area (Å²) in [5.41, 5.74) is 6.21. The molecule has 3 nitrogen and oxygen atoms in total. The third-order valence-electron chi connectivity index (χ3n) is 1.97. The Morgan fingerprint density at radius 1 is 1.43 bits per heavy atom. The maximum absolute atomic E-state index is 12.5. The Morgan fingerprint density at radius 3 is 2.50 bits per heavy atom. The fraction of sp³-hybridized carbons (Fsp3) is 0.300. The molecule has 1 aromatic carbocycles. The minimum atomic E-state index is -1.01. The molecule has 1 rings (SSSR count). The zero-order valence-electron chi connectivity index (χ0n) is 7.61. The highest BCUT2D eigenvalue weighted by Gasteiger charge is 2.10. The Bertz CT molecular complexity index is 310. The van der Waals surface area contributed by atoms with E-state index < -0.39 is 12.0 Å². The van der Waals surface area contributed by atoms with E-state index in [1.54, 1.807) is 12.1 Å². The van der Waals surface area contributed by atoms with Crippen LogP contribution in [0.3, 0.4) is 0 Å². The van der Waals surface area contributed by atoms with E-state index in [0.717, 1.165) is 5.56 Å². The zero-order valence-corrected chi connectivity index (χ0v) is 7.61. The van der Waals surface area contributed by atoms with Crippen molar-refractivity contribution in [1.82, 2.24) is 0 Å².